The van der Waals surface area contributed by atoms with Gasteiger partial charge in [0.15, 0.2) is 0 Å². The number of carbonyl (C=O) groups excluding carboxylic acids is 19. The molecule has 0 aliphatic heterocycles. The maximum Gasteiger partial charge on any atom is 0.303 e. The quantitative estimate of drug-likeness (QED) is 0.0162. The lowest BCUT2D eigenvalue weighted by Crippen LogP contribution is -2.65. The Balaban J connectivity index is 1.68. The summed E-state index contributed by atoms with van der Waals surface area (Å²) in [5.74, 6) is -13.4. The minimum atomic E-state index is -2.04. The number of phenolic OH excluding ortho intramolecular Hbond substituents is 1. The number of Topliss-reactive ketones (excluding diaryl/α,β-unsaturated/α-hetero) is 4. The normalized spacial score (nSPS) is 15.5. The number of fused-ring (bicyclic) bond motifs is 1. The number of hydrogen-bond donors (Lipinski definition) is 21. The first-order valence-corrected chi connectivity index (χ1v) is 47.0. The van der Waals surface area contributed by atoms with E-state index >= 15 is 24.0 Å². The van der Waals surface area contributed by atoms with Gasteiger partial charge in [-0.1, -0.05) is 95.3 Å². The Morgan fingerprint density at radius 1 is 0.443 bits per heavy atom. The molecule has 4 rings (SSSR count). The number of aliphatic hydroxyl groups excluding tert-OH is 1. The molecule has 23 N–H and O–H groups in total. The molecule has 15 amide bonds. The predicted molar refractivity (Wildman–Crippen MR) is 519 cm³/mol. The molecule has 0 aliphatic rings. The first-order chi connectivity index (χ1) is 65.7. The number of primary amides is 2. The maximum absolute atomic E-state index is 15.4. The molecule has 0 saturated carbocycles. The SMILES string of the molecule is C#CCCCC[C@](C)(NC(=O)[C@@H](CN[C@@H](CCC(N)=O)C(=O)C(=O)[C@H](C)NC(=O)[C@H](Cc1c[nH]c2ccccc12)NC(=O)C(Cc1ccc(O)cc1)NC(=O)[C@H](CCC(=O)O)NC(=O)[C@@](C)(CCCCC#CC)NC(=O)[C@H](Cc1ccccc1)NC(=O)[C@@H](NC(=O)[C@H](CC(C)C)NC(C)=O)[C@@H](C)O)CC(C)C)C(=O)NC(C)C(=O)N[C@@H](C)C(=O)NC(C)C(=O)N[C@@H](C)C(=O)C(=O)[C@H](C)NC[C@H](C)C(N)=O. The van der Waals surface area contributed by atoms with Crippen LogP contribution in [0.1, 0.15) is 217 Å². The van der Waals surface area contributed by atoms with E-state index in [1.54, 1.807) is 95.4 Å². The van der Waals surface area contributed by atoms with Crippen molar-refractivity contribution in [3.8, 4) is 29.9 Å². The summed E-state index contributed by atoms with van der Waals surface area (Å²) in [5, 5.41) is 71.4. The number of carbonyl (C=O) groups is 20. The highest BCUT2D eigenvalue weighted by atomic mass is 16.4. The van der Waals surface area contributed by atoms with Crippen LogP contribution in [0.4, 0.5) is 0 Å². The topological polar surface area (TPSA) is 650 Å². The van der Waals surface area contributed by atoms with Gasteiger partial charge < -0.3 is 112 Å². The second-order valence-corrected chi connectivity index (χ2v) is 36.9. The van der Waals surface area contributed by atoms with Crippen LogP contribution in [0.15, 0.2) is 85.1 Å². The number of aliphatic hydroxyl groups is 1. The molecular formula is C99H142N18O23. The summed E-state index contributed by atoms with van der Waals surface area (Å²) in [6.07, 6.45) is 4.00. The molecule has 18 atom stereocenters. The lowest BCUT2D eigenvalue weighted by molar-refractivity contribution is -0.140. The lowest BCUT2D eigenvalue weighted by Gasteiger charge is -2.34. The van der Waals surface area contributed by atoms with Gasteiger partial charge in [-0.15, -0.1) is 24.2 Å². The second kappa shape index (κ2) is 58.2. The Hall–Kier alpha value is -13.8. The summed E-state index contributed by atoms with van der Waals surface area (Å²) >= 11 is 0. The van der Waals surface area contributed by atoms with Crippen molar-refractivity contribution in [3.63, 3.8) is 0 Å². The third-order valence-corrected chi connectivity index (χ3v) is 23.4. The van der Waals surface area contributed by atoms with E-state index in [-0.39, 0.29) is 81.9 Å². The number of phenols is 1. The standard InChI is InChI=1S/C99H142N18O23/c1-18-20-22-24-31-45-99(17,117-94(137)76(48-65-32-26-25-27-33-65)113-95(138)80(63(14)118)115-93(136)74(47-55(5)6)110-64(15)119)97(140)114-73(41-43-79(122)123)90(133)111-75(49-66-36-38-69(120)39-37-66)92(135)112-77(50-67-52-103-71-35-29-28-34-70(67)71)91(134)106-59(10)83(126)84(127)72(40-42-78(100)121)104-53-68(46-54(3)4)89(132)116-98(16,44-30-23-21-19-2)96(139)109-62(13)88(131)108-61(12)87(130)107-60(11)86(129)105-58(9)82(125)81(124)57(8)102-51-56(7)85(101)128/h2,25-29,32-39,52,54-63,68,72-77,80,102-104,118,120H,21-24,30-31,40-51,53H2,1,3-17H3,(H2,100,121)(H2,101,128)(H,105,129)(H,106,134)(H,107,130)(H,108,131)(H,109,139)(H,110,119)(H,111,133)(H,112,135)(H,113,138)(H,114,140)(H,115,136)(H,116,132)(H,117,137)(H,122,123)/t56-,57-,58-,59-,60?,61-,62?,63+,68+,72-,73-,74-,75?,76-,77-,80-,98-,99+/m0/s1. The molecule has 0 aliphatic carbocycles. The van der Waals surface area contributed by atoms with Gasteiger partial charge in [-0.05, 0) is 180 Å². The maximum atomic E-state index is 15.4. The minimum absolute atomic E-state index is 0.00273. The predicted octanol–water partition coefficient (Wildman–Crippen LogP) is 0.434. The number of carboxylic acids is 1. The van der Waals surface area contributed by atoms with Crippen LogP contribution in [-0.2, 0) is 115 Å². The zero-order valence-corrected chi connectivity index (χ0v) is 82.6. The Morgan fingerprint density at radius 2 is 0.907 bits per heavy atom. The highest BCUT2D eigenvalue weighted by molar-refractivity contribution is 6.41. The van der Waals surface area contributed by atoms with Gasteiger partial charge in [0.1, 0.15) is 71.2 Å². The molecule has 41 nitrogen and oxygen atoms in total. The number of para-hydroxylation sites is 1. The number of benzene rings is 3. The molecule has 0 fully saturated rings. The smallest absolute Gasteiger partial charge is 0.303 e. The van der Waals surface area contributed by atoms with Crippen LogP contribution >= 0.6 is 0 Å². The monoisotopic (exact) mass is 1950 g/mol. The number of hydrogen-bond acceptors (Lipinski definition) is 24. The van der Waals surface area contributed by atoms with E-state index in [0.29, 0.717) is 46.9 Å². The Labute approximate surface area is 816 Å². The molecule has 0 saturated heterocycles. The van der Waals surface area contributed by atoms with E-state index in [4.69, 9.17) is 17.9 Å². The molecular weight excluding hydrogens is 1810 g/mol. The van der Waals surface area contributed by atoms with E-state index in [9.17, 15) is 87.2 Å². The van der Waals surface area contributed by atoms with Crippen LogP contribution in [-0.4, -0.2) is 247 Å². The van der Waals surface area contributed by atoms with Gasteiger partial charge in [0.2, 0.25) is 112 Å². The molecule has 140 heavy (non-hydrogen) atoms. The van der Waals surface area contributed by atoms with Crippen LogP contribution in [0.5, 0.6) is 5.75 Å². The molecule has 0 radical (unpaired) electrons. The number of terminal acetylenes is 1. The highest BCUT2D eigenvalue weighted by Gasteiger charge is 2.44. The number of aromatic hydroxyl groups is 1. The molecule has 41 heteroatoms. The summed E-state index contributed by atoms with van der Waals surface area (Å²) < 4.78 is 0. The third-order valence-electron chi connectivity index (χ3n) is 23.4. The average molecular weight is 1950 g/mol. The van der Waals surface area contributed by atoms with Gasteiger partial charge in [0.05, 0.1) is 36.2 Å². The first-order valence-electron chi connectivity index (χ1n) is 47.0. The molecule has 3 unspecified atom stereocenters. The van der Waals surface area contributed by atoms with Gasteiger partial charge in [0, 0.05) is 88.0 Å². The van der Waals surface area contributed by atoms with Gasteiger partial charge in [-0.3, -0.25) is 95.9 Å². The fourth-order valence-corrected chi connectivity index (χ4v) is 15.0. The Bertz CT molecular complexity index is 5120. The molecule has 4 aromatic rings. The summed E-state index contributed by atoms with van der Waals surface area (Å²) in [7, 11) is 0. The van der Waals surface area contributed by atoms with Crippen molar-refractivity contribution < 1.29 is 111 Å². The summed E-state index contributed by atoms with van der Waals surface area (Å²) in [6.45, 7) is 22.8. The molecule has 1 aromatic heterocycles. The fraction of sp³-hybridized carbons (Fsp3) is 0.556. The number of amides is 15. The molecule has 766 valence electrons. The van der Waals surface area contributed by atoms with Crippen LogP contribution in [0.3, 0.4) is 0 Å². The molecule has 0 bridgehead atoms. The van der Waals surface area contributed by atoms with Crippen LogP contribution in [0, 0.1) is 47.9 Å². The summed E-state index contributed by atoms with van der Waals surface area (Å²) in [6, 6.07) is 1.14. The number of aromatic amines is 1. The number of ketones is 4. The number of nitrogens with one attached hydrogen (secondary N) is 16. The number of nitrogens with two attached hydrogens (primary N) is 2. The Kier molecular flexibility index (Phi) is 49.2. The van der Waals surface area contributed by atoms with Gasteiger partial charge in [0.25, 0.3) is 0 Å². The van der Waals surface area contributed by atoms with Crippen LogP contribution in [0.25, 0.3) is 10.9 Å². The Morgan fingerprint density at radius 3 is 1.44 bits per heavy atom. The lowest BCUT2D eigenvalue weighted by atomic mass is 9.89. The van der Waals surface area contributed by atoms with Crippen molar-refractivity contribution in [1.29, 1.82) is 0 Å². The van der Waals surface area contributed by atoms with Crippen molar-refractivity contribution in [1.82, 2.24) is 84.7 Å². The van der Waals surface area contributed by atoms with E-state index < -0.39 is 264 Å². The molecule has 3 aromatic carbocycles. The summed E-state index contributed by atoms with van der Waals surface area (Å²) in [4.78, 5) is 281. The number of aromatic nitrogens is 1. The van der Waals surface area contributed by atoms with Crippen LogP contribution < -0.4 is 91.2 Å². The number of carboxylic acid groups (broad SMARTS) is 1. The average Bonchev–Trinajstić information content (AvgIpc) is 1.78. The van der Waals surface area contributed by atoms with Crippen molar-refractivity contribution in [3.05, 3.63) is 102 Å². The zero-order chi connectivity index (χ0) is 105. The number of aliphatic carboxylic acids is 1. The first kappa shape index (κ1) is 119. The largest absolute Gasteiger partial charge is 0.508 e. The second-order valence-electron chi connectivity index (χ2n) is 36.9. The van der Waals surface area contributed by atoms with E-state index in [2.05, 4.69) is 102 Å². The zero-order valence-electron chi connectivity index (χ0n) is 82.6. The van der Waals surface area contributed by atoms with Crippen molar-refractivity contribution in [2.45, 2.75) is 316 Å². The van der Waals surface area contributed by atoms with Gasteiger partial charge >= 0.3 is 5.97 Å². The number of unbranched alkanes of at least 4 members (excludes halogenated alkanes) is 4. The molecule has 0 spiro atoms. The molecule has 1 heterocycles. The third kappa shape index (κ3) is 40.0. The van der Waals surface area contributed by atoms with Crippen molar-refractivity contribution in [2.75, 3.05) is 13.1 Å². The minimum Gasteiger partial charge on any atom is -0.508 e. The van der Waals surface area contributed by atoms with Crippen molar-refractivity contribution >= 4 is 129 Å². The van der Waals surface area contributed by atoms with Gasteiger partial charge in [-0.2, -0.15) is 0 Å². The number of rotatable bonds is 63. The van der Waals surface area contributed by atoms with E-state index in [0.717, 1.165) is 0 Å². The van der Waals surface area contributed by atoms with E-state index in [1.807, 2.05) is 0 Å². The van der Waals surface area contributed by atoms with Gasteiger partial charge in [-0.25, -0.2) is 0 Å². The highest BCUT2D eigenvalue weighted by Crippen LogP contribution is 2.25. The number of H-pyrrole nitrogens is 1. The van der Waals surface area contributed by atoms with Crippen LogP contribution in [0.2, 0.25) is 0 Å². The van der Waals surface area contributed by atoms with E-state index in [1.165, 1.54) is 100 Å². The van der Waals surface area contributed by atoms with Crippen molar-refractivity contribution in [2.24, 2.45) is 35.1 Å². The fourth-order valence-electron chi connectivity index (χ4n) is 15.0. The summed E-state index contributed by atoms with van der Waals surface area (Å²) in [5.41, 5.74) is 8.87.